The number of carbonyl (C=O) groups is 1. The molecule has 8 heteroatoms. The number of nitrogens with zero attached hydrogens (tertiary/aromatic N) is 1. The first-order chi connectivity index (χ1) is 17.8. The summed E-state index contributed by atoms with van der Waals surface area (Å²) in [6.07, 6.45) is 0.225. The number of rotatable bonds is 9. The second kappa shape index (κ2) is 11.2. The summed E-state index contributed by atoms with van der Waals surface area (Å²) in [6, 6.07) is 15.9. The van der Waals surface area contributed by atoms with Crippen LogP contribution in [0.5, 0.6) is 17.2 Å². The number of alkyl carbamates (subject to hydrolysis) is 1. The molecule has 0 aliphatic heterocycles. The number of carbonyl (C=O) groups excluding carboxylic acids is 1. The Bertz CT molecular complexity index is 1420. The van der Waals surface area contributed by atoms with E-state index in [-0.39, 0.29) is 6.04 Å². The fourth-order valence-corrected chi connectivity index (χ4v) is 4.19. The maximum absolute atomic E-state index is 11.7. The van der Waals surface area contributed by atoms with Crippen molar-refractivity contribution in [3.8, 4) is 17.2 Å². The lowest BCUT2D eigenvalue weighted by atomic mass is 10.0. The van der Waals surface area contributed by atoms with Gasteiger partial charge in [0.15, 0.2) is 11.5 Å². The standard InChI is InChI=1S/C29H33N3O5/c1-17(2)30-29(33)37-12-11-19-7-9-20(10-8-19)31-28-21-14-25(34-4)18(3)13-23(21)32-24-16-27(36-6)26(35-5)15-22(24)28/h7-10,13-17H,11-12H2,1-6H3,(H,30,33)(H,31,32). The topological polar surface area (TPSA) is 90.9 Å². The van der Waals surface area contributed by atoms with Gasteiger partial charge in [0.2, 0.25) is 0 Å². The van der Waals surface area contributed by atoms with Gasteiger partial charge in [-0.2, -0.15) is 0 Å². The van der Waals surface area contributed by atoms with Gasteiger partial charge in [-0.25, -0.2) is 9.78 Å². The number of aryl methyl sites for hydroxylation is 1. The Hall–Kier alpha value is -4.20. The van der Waals surface area contributed by atoms with E-state index < -0.39 is 6.09 Å². The quantitative estimate of drug-likeness (QED) is 0.265. The first kappa shape index (κ1) is 25.9. The van der Waals surface area contributed by atoms with Crippen LogP contribution >= 0.6 is 0 Å². The van der Waals surface area contributed by atoms with Crippen LogP contribution in [-0.4, -0.2) is 45.1 Å². The van der Waals surface area contributed by atoms with Gasteiger partial charge in [-0.1, -0.05) is 12.1 Å². The van der Waals surface area contributed by atoms with Crippen LogP contribution in [0.2, 0.25) is 0 Å². The molecule has 3 aromatic carbocycles. The Balaban J connectivity index is 1.68. The van der Waals surface area contributed by atoms with Crippen molar-refractivity contribution >= 4 is 39.3 Å². The number of anilines is 2. The van der Waals surface area contributed by atoms with Crippen LogP contribution in [-0.2, 0) is 11.2 Å². The zero-order valence-electron chi connectivity index (χ0n) is 22.1. The second-order valence-corrected chi connectivity index (χ2v) is 9.06. The highest BCUT2D eigenvalue weighted by Gasteiger charge is 2.16. The summed E-state index contributed by atoms with van der Waals surface area (Å²) >= 11 is 0. The Kier molecular flexibility index (Phi) is 7.86. The maximum Gasteiger partial charge on any atom is 0.407 e. The number of aromatic nitrogens is 1. The van der Waals surface area contributed by atoms with Crippen LogP contribution in [0.4, 0.5) is 16.2 Å². The number of amides is 1. The smallest absolute Gasteiger partial charge is 0.407 e. The van der Waals surface area contributed by atoms with E-state index in [0.29, 0.717) is 24.5 Å². The Morgan fingerprint density at radius 3 is 2.08 bits per heavy atom. The molecular formula is C29H33N3O5. The van der Waals surface area contributed by atoms with Crippen molar-refractivity contribution in [2.45, 2.75) is 33.2 Å². The number of ether oxygens (including phenoxy) is 4. The van der Waals surface area contributed by atoms with Crippen molar-refractivity contribution in [2.24, 2.45) is 0 Å². The molecule has 0 bridgehead atoms. The van der Waals surface area contributed by atoms with Crippen molar-refractivity contribution < 1.29 is 23.7 Å². The Labute approximate surface area is 216 Å². The summed E-state index contributed by atoms with van der Waals surface area (Å²) in [6.45, 7) is 6.10. The summed E-state index contributed by atoms with van der Waals surface area (Å²) in [4.78, 5) is 16.6. The van der Waals surface area contributed by atoms with Crippen molar-refractivity contribution in [1.29, 1.82) is 0 Å². The molecule has 1 heterocycles. The van der Waals surface area contributed by atoms with Crippen LogP contribution in [0, 0.1) is 6.92 Å². The summed E-state index contributed by atoms with van der Waals surface area (Å²) in [5, 5.41) is 8.12. The van der Waals surface area contributed by atoms with E-state index in [1.807, 2.05) is 69.3 Å². The highest BCUT2D eigenvalue weighted by molar-refractivity contribution is 6.10. The van der Waals surface area contributed by atoms with Crippen LogP contribution in [0.3, 0.4) is 0 Å². The van der Waals surface area contributed by atoms with Gasteiger partial charge in [-0.3, -0.25) is 0 Å². The predicted molar refractivity (Wildman–Crippen MR) is 147 cm³/mol. The molecule has 0 radical (unpaired) electrons. The predicted octanol–water partition coefficient (Wildman–Crippen LogP) is 6.14. The van der Waals surface area contributed by atoms with Gasteiger partial charge >= 0.3 is 6.09 Å². The van der Waals surface area contributed by atoms with Crippen LogP contribution in [0.25, 0.3) is 21.8 Å². The third-order valence-corrected chi connectivity index (χ3v) is 6.05. The minimum absolute atomic E-state index is 0.0446. The zero-order chi connectivity index (χ0) is 26.5. The number of fused-ring (bicyclic) bond motifs is 2. The lowest BCUT2D eigenvalue weighted by Gasteiger charge is -2.17. The van der Waals surface area contributed by atoms with E-state index in [9.17, 15) is 4.79 Å². The lowest BCUT2D eigenvalue weighted by Crippen LogP contribution is -2.31. The molecule has 0 saturated heterocycles. The molecule has 194 valence electrons. The number of hydrogen-bond acceptors (Lipinski definition) is 7. The zero-order valence-corrected chi connectivity index (χ0v) is 22.1. The van der Waals surface area contributed by atoms with Gasteiger partial charge in [0.05, 0.1) is 44.7 Å². The Morgan fingerprint density at radius 1 is 0.865 bits per heavy atom. The largest absolute Gasteiger partial charge is 0.496 e. The molecule has 0 aliphatic rings. The molecule has 1 amide bonds. The highest BCUT2D eigenvalue weighted by Crippen LogP contribution is 2.40. The van der Waals surface area contributed by atoms with E-state index in [4.69, 9.17) is 23.9 Å². The molecule has 37 heavy (non-hydrogen) atoms. The van der Waals surface area contributed by atoms with Gasteiger partial charge < -0.3 is 29.6 Å². The van der Waals surface area contributed by atoms with E-state index in [2.05, 4.69) is 10.6 Å². The molecule has 0 fully saturated rings. The van der Waals surface area contributed by atoms with E-state index in [0.717, 1.165) is 50.1 Å². The van der Waals surface area contributed by atoms with Gasteiger partial charge in [0.25, 0.3) is 0 Å². The molecular weight excluding hydrogens is 470 g/mol. The van der Waals surface area contributed by atoms with Gasteiger partial charge in [-0.15, -0.1) is 0 Å². The number of methoxy groups -OCH3 is 3. The maximum atomic E-state index is 11.7. The summed E-state index contributed by atoms with van der Waals surface area (Å²) < 4.78 is 21.9. The van der Waals surface area contributed by atoms with E-state index in [1.54, 1.807) is 21.3 Å². The minimum Gasteiger partial charge on any atom is -0.496 e. The normalized spacial score (nSPS) is 11.0. The second-order valence-electron chi connectivity index (χ2n) is 9.06. The van der Waals surface area contributed by atoms with E-state index >= 15 is 0 Å². The summed E-state index contributed by atoms with van der Waals surface area (Å²) in [5.41, 5.74) is 5.49. The molecule has 8 nitrogen and oxygen atoms in total. The van der Waals surface area contributed by atoms with Crippen molar-refractivity contribution in [3.63, 3.8) is 0 Å². The molecule has 0 atom stereocenters. The number of hydrogen-bond donors (Lipinski definition) is 2. The number of pyridine rings is 1. The number of nitrogens with one attached hydrogen (secondary N) is 2. The average molecular weight is 504 g/mol. The summed E-state index contributed by atoms with van der Waals surface area (Å²) in [5.74, 6) is 2.02. The lowest BCUT2D eigenvalue weighted by molar-refractivity contribution is 0.145. The SMILES string of the molecule is COc1cc2c(Nc3ccc(CCOC(=O)NC(C)C)cc3)c3cc(OC)c(OC)cc3nc2cc1C. The molecule has 1 aromatic heterocycles. The van der Waals surface area contributed by atoms with Crippen LogP contribution < -0.4 is 24.8 Å². The molecule has 0 unspecified atom stereocenters. The van der Waals surface area contributed by atoms with Crippen molar-refractivity contribution in [2.75, 3.05) is 33.3 Å². The van der Waals surface area contributed by atoms with Gasteiger partial charge in [0.1, 0.15) is 5.75 Å². The van der Waals surface area contributed by atoms with Crippen molar-refractivity contribution in [3.05, 3.63) is 59.7 Å². The highest BCUT2D eigenvalue weighted by atomic mass is 16.5. The third-order valence-electron chi connectivity index (χ3n) is 6.05. The van der Waals surface area contributed by atoms with Crippen LogP contribution in [0.1, 0.15) is 25.0 Å². The minimum atomic E-state index is -0.401. The first-order valence-corrected chi connectivity index (χ1v) is 12.2. The molecule has 0 spiro atoms. The fourth-order valence-electron chi connectivity index (χ4n) is 4.19. The van der Waals surface area contributed by atoms with Gasteiger partial charge in [-0.05, 0) is 62.2 Å². The van der Waals surface area contributed by atoms with E-state index in [1.165, 1.54) is 0 Å². The van der Waals surface area contributed by atoms with Gasteiger partial charge in [0, 0.05) is 35.0 Å². The third kappa shape index (κ3) is 5.80. The summed E-state index contributed by atoms with van der Waals surface area (Å²) in [7, 11) is 4.90. The number of benzene rings is 3. The van der Waals surface area contributed by atoms with Crippen molar-refractivity contribution in [1.82, 2.24) is 10.3 Å². The molecule has 2 N–H and O–H groups in total. The Morgan fingerprint density at radius 2 is 1.46 bits per heavy atom. The fraction of sp³-hybridized carbons (Fsp3) is 0.310. The molecule has 0 saturated carbocycles. The molecule has 4 rings (SSSR count). The molecule has 0 aliphatic carbocycles. The monoisotopic (exact) mass is 503 g/mol. The van der Waals surface area contributed by atoms with Crippen LogP contribution in [0.15, 0.2) is 48.5 Å². The molecule has 4 aromatic rings. The average Bonchev–Trinajstić information content (AvgIpc) is 2.88. The first-order valence-electron chi connectivity index (χ1n) is 12.2.